The average Bonchev–Trinajstić information content (AvgIpc) is 2.77. The number of benzene rings is 1. The number of H-pyrrole nitrogens is 1. The molecule has 1 fully saturated rings. The fraction of sp³-hybridized carbons (Fsp3) is 0.429. The first-order chi connectivity index (χ1) is 9.18. The molecule has 0 bridgehead atoms. The topological polar surface area (TPSA) is 80.9 Å². The molecule has 1 saturated carbocycles. The summed E-state index contributed by atoms with van der Waals surface area (Å²) in [5.74, 6) is -0.558. The number of rotatable bonds is 2. The monoisotopic (exact) mass is 259 g/mol. The van der Waals surface area contributed by atoms with Crippen molar-refractivity contribution < 1.29 is 4.79 Å². The van der Waals surface area contributed by atoms with Gasteiger partial charge >= 0.3 is 0 Å². The second kappa shape index (κ2) is 4.57. The minimum Gasteiger partial charge on any atom is -0.366 e. The maximum absolute atomic E-state index is 12.1. The van der Waals surface area contributed by atoms with Crippen molar-refractivity contribution in [3.63, 3.8) is 0 Å². The van der Waals surface area contributed by atoms with Gasteiger partial charge in [-0.2, -0.15) is 0 Å². The first kappa shape index (κ1) is 12.0. The molecule has 19 heavy (non-hydrogen) atoms. The highest BCUT2D eigenvalue weighted by molar-refractivity contribution is 6.05. The molecule has 0 radical (unpaired) electrons. The summed E-state index contributed by atoms with van der Waals surface area (Å²) in [6.07, 6.45) is 5.76. The van der Waals surface area contributed by atoms with Gasteiger partial charge in [0, 0.05) is 0 Å². The van der Waals surface area contributed by atoms with Crippen molar-refractivity contribution >= 4 is 16.8 Å². The molecule has 5 nitrogen and oxygen atoms in total. The van der Waals surface area contributed by atoms with Gasteiger partial charge in [0.2, 0.25) is 5.91 Å². The van der Waals surface area contributed by atoms with Gasteiger partial charge in [0.1, 0.15) is 0 Å². The second-order valence-corrected chi connectivity index (χ2v) is 5.17. The molecule has 2 aromatic rings. The normalized spacial score (nSPS) is 16.8. The molecule has 100 valence electrons. The number of nitrogens with one attached hydrogen (secondary N) is 1. The van der Waals surface area contributed by atoms with E-state index in [1.54, 1.807) is 12.1 Å². The van der Waals surface area contributed by atoms with E-state index in [4.69, 9.17) is 5.73 Å². The van der Waals surface area contributed by atoms with E-state index in [0.717, 1.165) is 18.4 Å². The molecule has 1 heterocycles. The van der Waals surface area contributed by atoms with E-state index in [1.165, 1.54) is 19.3 Å². The summed E-state index contributed by atoms with van der Waals surface area (Å²) in [5.41, 5.74) is 6.19. The Bertz CT molecular complexity index is 678. The number of primary amides is 1. The van der Waals surface area contributed by atoms with Crippen LogP contribution in [-0.4, -0.2) is 15.7 Å². The SMILES string of the molecule is NC(=O)c1cccc2c1c(=O)[nH]n2C1CCCCC1. The van der Waals surface area contributed by atoms with Crippen LogP contribution >= 0.6 is 0 Å². The van der Waals surface area contributed by atoms with E-state index in [-0.39, 0.29) is 5.56 Å². The van der Waals surface area contributed by atoms with E-state index in [1.807, 2.05) is 10.7 Å². The van der Waals surface area contributed by atoms with Crippen molar-refractivity contribution in [3.05, 3.63) is 34.1 Å². The summed E-state index contributed by atoms with van der Waals surface area (Å²) in [6, 6.07) is 5.57. The van der Waals surface area contributed by atoms with Gasteiger partial charge in [0.15, 0.2) is 0 Å². The van der Waals surface area contributed by atoms with Crippen LogP contribution in [-0.2, 0) is 0 Å². The molecule has 5 heteroatoms. The third-order valence-electron chi connectivity index (χ3n) is 3.96. The Labute approximate surface area is 110 Å². The third-order valence-corrected chi connectivity index (χ3v) is 3.96. The number of aromatic amines is 1. The zero-order valence-corrected chi connectivity index (χ0v) is 10.7. The van der Waals surface area contributed by atoms with Crippen LogP contribution in [0.25, 0.3) is 10.9 Å². The number of hydrogen-bond acceptors (Lipinski definition) is 2. The molecular weight excluding hydrogens is 242 g/mol. The first-order valence-corrected chi connectivity index (χ1v) is 6.71. The second-order valence-electron chi connectivity index (χ2n) is 5.17. The highest BCUT2D eigenvalue weighted by Gasteiger charge is 2.20. The van der Waals surface area contributed by atoms with Gasteiger partial charge in [-0.15, -0.1) is 0 Å². The molecule has 0 spiro atoms. The summed E-state index contributed by atoms with van der Waals surface area (Å²) >= 11 is 0. The molecule has 0 aliphatic heterocycles. The maximum atomic E-state index is 12.1. The van der Waals surface area contributed by atoms with Crippen molar-refractivity contribution in [1.82, 2.24) is 9.78 Å². The molecule has 1 aliphatic carbocycles. The van der Waals surface area contributed by atoms with Crippen LogP contribution < -0.4 is 11.3 Å². The van der Waals surface area contributed by atoms with Crippen LogP contribution in [0.2, 0.25) is 0 Å². The van der Waals surface area contributed by atoms with Crippen molar-refractivity contribution in [2.75, 3.05) is 0 Å². The van der Waals surface area contributed by atoms with E-state index >= 15 is 0 Å². The number of nitrogens with zero attached hydrogens (tertiary/aromatic N) is 1. The van der Waals surface area contributed by atoms with E-state index in [9.17, 15) is 9.59 Å². The quantitative estimate of drug-likeness (QED) is 0.864. The number of carbonyl (C=O) groups is 1. The molecular formula is C14H17N3O2. The molecule has 1 aromatic carbocycles. The lowest BCUT2D eigenvalue weighted by Gasteiger charge is -2.23. The van der Waals surface area contributed by atoms with Gasteiger partial charge in [-0.25, -0.2) is 0 Å². The lowest BCUT2D eigenvalue weighted by Crippen LogP contribution is -2.16. The van der Waals surface area contributed by atoms with Crippen LogP contribution in [0.3, 0.4) is 0 Å². The fourth-order valence-electron chi connectivity index (χ4n) is 3.04. The molecule has 1 amide bonds. The van der Waals surface area contributed by atoms with E-state index in [0.29, 0.717) is 17.0 Å². The molecule has 1 aromatic heterocycles. The smallest absolute Gasteiger partial charge is 0.272 e. The van der Waals surface area contributed by atoms with E-state index < -0.39 is 5.91 Å². The number of carbonyl (C=O) groups excluding carboxylic acids is 1. The largest absolute Gasteiger partial charge is 0.366 e. The fourth-order valence-corrected chi connectivity index (χ4v) is 3.04. The molecule has 0 atom stereocenters. The van der Waals surface area contributed by atoms with Gasteiger partial charge in [-0.3, -0.25) is 19.4 Å². The summed E-state index contributed by atoms with van der Waals surface area (Å²) in [6.45, 7) is 0. The number of fused-ring (bicyclic) bond motifs is 1. The number of amides is 1. The van der Waals surface area contributed by atoms with Crippen LogP contribution in [0.5, 0.6) is 0 Å². The van der Waals surface area contributed by atoms with Gasteiger partial charge in [-0.1, -0.05) is 25.3 Å². The molecule has 1 aliphatic rings. The Morgan fingerprint density at radius 2 is 2.00 bits per heavy atom. The van der Waals surface area contributed by atoms with Gasteiger partial charge < -0.3 is 5.73 Å². The Hall–Kier alpha value is -2.04. The van der Waals surface area contributed by atoms with Gasteiger partial charge in [-0.05, 0) is 25.0 Å². The minimum absolute atomic E-state index is 0.227. The average molecular weight is 259 g/mol. The molecule has 3 rings (SSSR count). The van der Waals surface area contributed by atoms with Crippen molar-refractivity contribution in [3.8, 4) is 0 Å². The lowest BCUT2D eigenvalue weighted by molar-refractivity contribution is 0.100. The predicted octanol–water partition coefficient (Wildman–Crippen LogP) is 1.93. The molecule has 3 N–H and O–H groups in total. The van der Waals surface area contributed by atoms with Crippen LogP contribution in [0.4, 0.5) is 0 Å². The number of nitrogens with two attached hydrogens (primary N) is 1. The van der Waals surface area contributed by atoms with Crippen molar-refractivity contribution in [1.29, 1.82) is 0 Å². The molecule has 0 unspecified atom stereocenters. The van der Waals surface area contributed by atoms with Crippen LogP contribution in [0.1, 0.15) is 48.5 Å². The summed E-state index contributed by atoms with van der Waals surface area (Å²) in [5, 5.41) is 3.29. The van der Waals surface area contributed by atoms with Crippen molar-refractivity contribution in [2.45, 2.75) is 38.1 Å². The summed E-state index contributed by atoms with van der Waals surface area (Å²) in [7, 11) is 0. The third kappa shape index (κ3) is 1.95. The summed E-state index contributed by atoms with van der Waals surface area (Å²) in [4.78, 5) is 23.5. The minimum atomic E-state index is -0.558. The van der Waals surface area contributed by atoms with Gasteiger partial charge in [0.25, 0.3) is 5.56 Å². The van der Waals surface area contributed by atoms with Crippen LogP contribution in [0, 0.1) is 0 Å². The Balaban J connectivity index is 2.19. The standard InChI is InChI=1S/C14H17N3O2/c15-13(18)10-7-4-8-11-12(10)14(19)16-17(11)9-5-2-1-3-6-9/h4,7-9H,1-3,5-6H2,(H2,15,18)(H,16,19). The number of hydrogen-bond donors (Lipinski definition) is 2. The Kier molecular flexibility index (Phi) is 2.89. The predicted molar refractivity (Wildman–Crippen MR) is 73.2 cm³/mol. The summed E-state index contributed by atoms with van der Waals surface area (Å²) < 4.78 is 1.92. The number of aromatic nitrogens is 2. The van der Waals surface area contributed by atoms with Crippen LogP contribution in [0.15, 0.2) is 23.0 Å². The Morgan fingerprint density at radius 1 is 1.26 bits per heavy atom. The first-order valence-electron chi connectivity index (χ1n) is 6.71. The highest BCUT2D eigenvalue weighted by Crippen LogP contribution is 2.29. The molecule has 0 saturated heterocycles. The highest BCUT2D eigenvalue weighted by atomic mass is 16.1. The van der Waals surface area contributed by atoms with Crippen molar-refractivity contribution in [2.24, 2.45) is 5.73 Å². The van der Waals surface area contributed by atoms with Gasteiger partial charge in [0.05, 0.1) is 22.5 Å². The lowest BCUT2D eigenvalue weighted by atomic mass is 9.95. The Morgan fingerprint density at radius 3 is 2.68 bits per heavy atom. The zero-order valence-electron chi connectivity index (χ0n) is 10.7. The maximum Gasteiger partial charge on any atom is 0.272 e. The van der Waals surface area contributed by atoms with E-state index in [2.05, 4.69) is 5.10 Å². The zero-order chi connectivity index (χ0) is 13.4.